The van der Waals surface area contributed by atoms with Crippen LogP contribution < -0.4 is 24.6 Å². The third-order valence-electron chi connectivity index (χ3n) is 3.72. The highest BCUT2D eigenvalue weighted by Gasteiger charge is 2.19. The average molecular weight is 356 g/mol. The highest BCUT2D eigenvalue weighted by molar-refractivity contribution is 5.95. The fourth-order valence-corrected chi connectivity index (χ4v) is 2.52. The summed E-state index contributed by atoms with van der Waals surface area (Å²) in [5.41, 5.74) is -0.110. The smallest absolute Gasteiger partial charge is 0.343 e. The van der Waals surface area contributed by atoms with Crippen molar-refractivity contribution in [1.82, 2.24) is 0 Å². The molecule has 0 atom stereocenters. The van der Waals surface area contributed by atoms with Crippen molar-refractivity contribution in [2.75, 3.05) is 21.3 Å². The lowest BCUT2D eigenvalue weighted by Gasteiger charge is -2.14. The summed E-state index contributed by atoms with van der Waals surface area (Å²) in [6, 6.07) is 10.8. The molecule has 7 nitrogen and oxygen atoms in total. The summed E-state index contributed by atoms with van der Waals surface area (Å²) in [6.07, 6.45) is 0. The molecular weight excluding hydrogens is 340 g/mol. The van der Waals surface area contributed by atoms with Crippen LogP contribution in [0.4, 0.5) is 0 Å². The Bertz CT molecular complexity index is 995. The number of fused-ring (bicyclic) bond motifs is 1. The van der Waals surface area contributed by atoms with Gasteiger partial charge in [-0.2, -0.15) is 0 Å². The van der Waals surface area contributed by atoms with Gasteiger partial charge in [0.2, 0.25) is 5.75 Å². The molecule has 0 aliphatic rings. The van der Waals surface area contributed by atoms with E-state index in [2.05, 4.69) is 0 Å². The number of carbonyl (C=O) groups is 1. The number of methoxy groups -OCH3 is 3. The largest absolute Gasteiger partial charge is 0.493 e. The monoisotopic (exact) mass is 356 g/mol. The summed E-state index contributed by atoms with van der Waals surface area (Å²) in [7, 11) is 4.36. The van der Waals surface area contributed by atoms with Crippen molar-refractivity contribution in [3.05, 3.63) is 58.4 Å². The van der Waals surface area contributed by atoms with E-state index in [4.69, 9.17) is 23.4 Å². The minimum absolute atomic E-state index is 0.107. The predicted molar refractivity (Wildman–Crippen MR) is 93.5 cm³/mol. The Morgan fingerprint density at radius 1 is 0.885 bits per heavy atom. The van der Waals surface area contributed by atoms with Gasteiger partial charge in [0, 0.05) is 0 Å². The van der Waals surface area contributed by atoms with Gasteiger partial charge in [-0.1, -0.05) is 12.1 Å². The first-order valence-corrected chi connectivity index (χ1v) is 7.62. The van der Waals surface area contributed by atoms with Crippen molar-refractivity contribution in [3.8, 4) is 23.0 Å². The van der Waals surface area contributed by atoms with Crippen molar-refractivity contribution < 1.29 is 28.2 Å². The van der Waals surface area contributed by atoms with Gasteiger partial charge >= 0.3 is 11.6 Å². The van der Waals surface area contributed by atoms with Crippen molar-refractivity contribution >= 4 is 16.9 Å². The Balaban J connectivity index is 2.03. The minimum atomic E-state index is -0.681. The number of para-hydroxylation sites is 1. The normalized spacial score (nSPS) is 10.4. The van der Waals surface area contributed by atoms with Gasteiger partial charge in [-0.25, -0.2) is 9.59 Å². The number of hydrogen-bond acceptors (Lipinski definition) is 7. The molecule has 0 N–H and O–H groups in total. The summed E-state index contributed by atoms with van der Waals surface area (Å²) >= 11 is 0. The van der Waals surface area contributed by atoms with E-state index in [0.29, 0.717) is 28.2 Å². The van der Waals surface area contributed by atoms with Gasteiger partial charge < -0.3 is 23.4 Å². The lowest BCUT2D eigenvalue weighted by atomic mass is 10.1. The van der Waals surface area contributed by atoms with E-state index < -0.39 is 11.6 Å². The fraction of sp³-hybridized carbons (Fsp3) is 0.158. The van der Waals surface area contributed by atoms with E-state index in [1.165, 1.54) is 33.5 Å². The standard InChI is InChI=1S/C19H16O7/c1-22-15-8-11(9-16(23-2)18(15)24-3)19(21)26-14-10-17(20)25-13-7-5-4-6-12(13)14/h4-10H,1-3H3. The highest BCUT2D eigenvalue weighted by Crippen LogP contribution is 2.38. The van der Waals surface area contributed by atoms with Crippen molar-refractivity contribution in [3.63, 3.8) is 0 Å². The van der Waals surface area contributed by atoms with Crippen LogP contribution in [0.25, 0.3) is 11.0 Å². The molecule has 3 rings (SSSR count). The molecule has 0 amide bonds. The molecule has 3 aromatic rings. The van der Waals surface area contributed by atoms with E-state index >= 15 is 0 Å². The van der Waals surface area contributed by atoms with Crippen molar-refractivity contribution in [1.29, 1.82) is 0 Å². The van der Waals surface area contributed by atoms with Crippen LogP contribution in [0.5, 0.6) is 23.0 Å². The van der Waals surface area contributed by atoms with Crippen LogP contribution in [0, 0.1) is 0 Å². The number of ether oxygens (including phenoxy) is 4. The van der Waals surface area contributed by atoms with Crippen LogP contribution >= 0.6 is 0 Å². The Morgan fingerprint density at radius 2 is 1.54 bits per heavy atom. The van der Waals surface area contributed by atoms with Gasteiger partial charge in [0.05, 0.1) is 38.3 Å². The minimum Gasteiger partial charge on any atom is -0.493 e. The van der Waals surface area contributed by atoms with Crippen LogP contribution in [0.3, 0.4) is 0 Å². The zero-order chi connectivity index (χ0) is 18.7. The zero-order valence-corrected chi connectivity index (χ0v) is 14.4. The lowest BCUT2D eigenvalue weighted by molar-refractivity contribution is 0.0735. The maximum absolute atomic E-state index is 12.6. The molecule has 1 aromatic heterocycles. The molecule has 26 heavy (non-hydrogen) atoms. The van der Waals surface area contributed by atoms with Gasteiger partial charge in [0.25, 0.3) is 0 Å². The maximum atomic E-state index is 12.6. The van der Waals surface area contributed by atoms with E-state index in [1.54, 1.807) is 24.3 Å². The molecule has 0 radical (unpaired) electrons. The number of carbonyl (C=O) groups excluding carboxylic acids is 1. The van der Waals surface area contributed by atoms with Crippen molar-refractivity contribution in [2.45, 2.75) is 0 Å². The van der Waals surface area contributed by atoms with E-state index in [-0.39, 0.29) is 11.3 Å². The van der Waals surface area contributed by atoms with Crippen LogP contribution in [-0.2, 0) is 0 Å². The van der Waals surface area contributed by atoms with Crippen LogP contribution in [0.2, 0.25) is 0 Å². The van der Waals surface area contributed by atoms with Crippen LogP contribution in [0.1, 0.15) is 10.4 Å². The zero-order valence-electron chi connectivity index (χ0n) is 14.4. The van der Waals surface area contributed by atoms with E-state index in [1.807, 2.05) is 0 Å². The highest BCUT2D eigenvalue weighted by atomic mass is 16.5. The Hall–Kier alpha value is -3.48. The molecule has 0 unspecified atom stereocenters. The summed E-state index contributed by atoms with van der Waals surface area (Å²) in [5.74, 6) is 0.417. The predicted octanol–water partition coefficient (Wildman–Crippen LogP) is 3.04. The summed E-state index contributed by atoms with van der Waals surface area (Å²) in [5, 5.41) is 0.507. The molecule has 7 heteroatoms. The summed E-state index contributed by atoms with van der Waals surface area (Å²) < 4.78 is 26.2. The first kappa shape index (κ1) is 17.3. The topological polar surface area (TPSA) is 84.2 Å². The molecule has 0 aliphatic carbocycles. The molecule has 0 spiro atoms. The second-order valence-corrected chi connectivity index (χ2v) is 5.23. The van der Waals surface area contributed by atoms with Crippen molar-refractivity contribution in [2.24, 2.45) is 0 Å². The third-order valence-corrected chi connectivity index (χ3v) is 3.72. The number of benzene rings is 2. The second kappa shape index (κ2) is 7.18. The quantitative estimate of drug-likeness (QED) is 0.513. The Morgan fingerprint density at radius 3 is 2.15 bits per heavy atom. The summed E-state index contributed by atoms with van der Waals surface area (Å²) in [6.45, 7) is 0. The number of esters is 1. The molecule has 2 aromatic carbocycles. The molecular formula is C19H16O7. The third kappa shape index (κ3) is 3.19. The molecule has 134 valence electrons. The molecule has 0 bridgehead atoms. The first-order valence-electron chi connectivity index (χ1n) is 7.62. The Kier molecular flexibility index (Phi) is 4.79. The maximum Gasteiger partial charge on any atom is 0.343 e. The first-order chi connectivity index (χ1) is 12.6. The van der Waals surface area contributed by atoms with Gasteiger partial charge in [-0.15, -0.1) is 0 Å². The molecule has 0 saturated heterocycles. The van der Waals surface area contributed by atoms with Gasteiger partial charge in [0.15, 0.2) is 11.5 Å². The van der Waals surface area contributed by atoms with E-state index in [0.717, 1.165) is 6.07 Å². The molecule has 0 saturated carbocycles. The van der Waals surface area contributed by atoms with Gasteiger partial charge in [-0.05, 0) is 24.3 Å². The van der Waals surface area contributed by atoms with Crippen LogP contribution in [0.15, 0.2) is 51.7 Å². The van der Waals surface area contributed by atoms with Gasteiger partial charge in [0.1, 0.15) is 11.3 Å². The summed E-state index contributed by atoms with van der Waals surface area (Å²) in [4.78, 5) is 24.3. The lowest BCUT2D eigenvalue weighted by Crippen LogP contribution is -2.11. The fourth-order valence-electron chi connectivity index (χ4n) is 2.52. The number of hydrogen-bond donors (Lipinski definition) is 0. The van der Waals surface area contributed by atoms with E-state index in [9.17, 15) is 9.59 Å². The second-order valence-electron chi connectivity index (χ2n) is 5.23. The van der Waals surface area contributed by atoms with Gasteiger partial charge in [-0.3, -0.25) is 0 Å². The van der Waals surface area contributed by atoms with Crippen LogP contribution in [-0.4, -0.2) is 27.3 Å². The molecule has 1 heterocycles. The number of rotatable bonds is 5. The Labute approximate surface area is 148 Å². The molecule has 0 aliphatic heterocycles. The average Bonchev–Trinajstić information content (AvgIpc) is 2.66. The SMILES string of the molecule is COc1cc(C(=O)Oc2cc(=O)oc3ccccc23)cc(OC)c1OC. The molecule has 0 fully saturated rings.